The highest BCUT2D eigenvalue weighted by atomic mass is 16.5. The fourth-order valence-corrected chi connectivity index (χ4v) is 4.23. The molecule has 0 bridgehead atoms. The fraction of sp³-hybridized carbons (Fsp3) is 0.565. The van der Waals surface area contributed by atoms with Gasteiger partial charge >= 0.3 is 0 Å². The minimum atomic E-state index is 0.263. The summed E-state index contributed by atoms with van der Waals surface area (Å²) in [4.78, 5) is 2.39. The lowest BCUT2D eigenvalue weighted by Crippen LogP contribution is -2.52. The highest BCUT2D eigenvalue weighted by Crippen LogP contribution is 2.27. The molecule has 1 aromatic carbocycles. The van der Waals surface area contributed by atoms with Crippen molar-refractivity contribution in [3.8, 4) is 23.1 Å². The molecule has 2 aliphatic rings. The third kappa shape index (κ3) is 4.63. The van der Waals surface area contributed by atoms with Gasteiger partial charge in [0.25, 0.3) is 0 Å². The molecule has 2 saturated heterocycles. The molecular weight excluding hydrogens is 348 g/mol. The zero-order chi connectivity index (χ0) is 19.6. The van der Waals surface area contributed by atoms with Gasteiger partial charge in [-0.1, -0.05) is 37.0 Å². The molecule has 3 heterocycles. The average molecular weight is 379 g/mol. The molecule has 5 nitrogen and oxygen atoms in total. The van der Waals surface area contributed by atoms with Crippen molar-refractivity contribution in [2.45, 2.75) is 52.7 Å². The number of ether oxygens (including phenoxy) is 1. The first kappa shape index (κ1) is 19.2. The number of benzene rings is 1. The van der Waals surface area contributed by atoms with E-state index in [-0.39, 0.29) is 6.10 Å². The number of aryl methyl sites for hydroxylation is 1. The Labute approximate surface area is 168 Å². The Balaban J connectivity index is 1.38. The zero-order valence-corrected chi connectivity index (χ0v) is 17.2. The molecule has 1 atom stereocenters. The van der Waals surface area contributed by atoms with Crippen molar-refractivity contribution in [3.63, 3.8) is 0 Å². The van der Waals surface area contributed by atoms with Crippen molar-refractivity contribution in [2.24, 2.45) is 5.41 Å². The Morgan fingerprint density at radius 3 is 2.82 bits per heavy atom. The van der Waals surface area contributed by atoms with Crippen molar-refractivity contribution in [1.29, 1.82) is 0 Å². The van der Waals surface area contributed by atoms with Gasteiger partial charge in [0.15, 0.2) is 0 Å². The summed E-state index contributed by atoms with van der Waals surface area (Å²) in [5.74, 6) is 6.61. The molecule has 4 rings (SSSR count). The van der Waals surface area contributed by atoms with Gasteiger partial charge in [0, 0.05) is 30.8 Å². The molecule has 28 heavy (non-hydrogen) atoms. The van der Waals surface area contributed by atoms with Gasteiger partial charge in [-0.3, -0.25) is 4.90 Å². The van der Waals surface area contributed by atoms with E-state index < -0.39 is 0 Å². The molecule has 0 saturated carbocycles. The molecule has 148 valence electrons. The van der Waals surface area contributed by atoms with E-state index in [4.69, 9.17) is 4.74 Å². The first-order valence-corrected chi connectivity index (χ1v) is 10.3. The Morgan fingerprint density at radius 2 is 2.11 bits per heavy atom. The van der Waals surface area contributed by atoms with Gasteiger partial charge in [-0.25, -0.2) is 4.68 Å². The SMILES string of the molecule is Cc1cc(C#CCN2CC(C)(C)C2)ccc1-c1cn(C[C@H]2CCCCO2)nn1. The molecule has 0 spiro atoms. The summed E-state index contributed by atoms with van der Waals surface area (Å²) in [6, 6.07) is 6.34. The number of likely N-dealkylation sites (tertiary alicyclic amines) is 1. The minimum Gasteiger partial charge on any atom is -0.376 e. The van der Waals surface area contributed by atoms with E-state index in [0.29, 0.717) is 5.41 Å². The summed E-state index contributed by atoms with van der Waals surface area (Å²) in [6.07, 6.45) is 5.81. The van der Waals surface area contributed by atoms with Gasteiger partial charge in [0.2, 0.25) is 0 Å². The maximum atomic E-state index is 5.81. The summed E-state index contributed by atoms with van der Waals surface area (Å²) < 4.78 is 7.72. The number of aromatic nitrogens is 3. The van der Waals surface area contributed by atoms with Crippen LogP contribution in [-0.4, -0.2) is 52.2 Å². The second-order valence-corrected chi connectivity index (χ2v) is 8.96. The lowest BCUT2D eigenvalue weighted by molar-refractivity contribution is 0.00370. The highest BCUT2D eigenvalue weighted by Gasteiger charge is 2.32. The number of hydrogen-bond donors (Lipinski definition) is 0. The molecule has 0 amide bonds. The molecular formula is C23H30N4O. The molecule has 0 radical (unpaired) electrons. The standard InChI is InChI=1S/C23H30N4O/c1-18-13-19(7-6-11-26-16-23(2,3)17-26)9-10-21(18)22-15-27(25-24-22)14-20-8-4-5-12-28-20/h9-10,13,15,20H,4-5,8,11-12,14,16-17H2,1-3H3/t20-/m1/s1. The zero-order valence-electron chi connectivity index (χ0n) is 17.2. The summed E-state index contributed by atoms with van der Waals surface area (Å²) in [5.41, 5.74) is 4.73. The molecule has 0 N–H and O–H groups in total. The van der Waals surface area contributed by atoms with Gasteiger partial charge in [-0.2, -0.15) is 0 Å². The number of nitrogens with zero attached hydrogens (tertiary/aromatic N) is 4. The van der Waals surface area contributed by atoms with Crippen molar-refractivity contribution in [3.05, 3.63) is 35.5 Å². The largest absolute Gasteiger partial charge is 0.376 e. The third-order valence-corrected chi connectivity index (χ3v) is 5.54. The summed E-state index contributed by atoms with van der Waals surface area (Å²) in [7, 11) is 0. The molecule has 2 fully saturated rings. The third-order valence-electron chi connectivity index (χ3n) is 5.54. The van der Waals surface area contributed by atoms with E-state index in [1.54, 1.807) is 0 Å². The predicted molar refractivity (Wildman–Crippen MR) is 111 cm³/mol. The van der Waals surface area contributed by atoms with Gasteiger partial charge in [0.05, 0.1) is 25.4 Å². The van der Waals surface area contributed by atoms with Crippen LogP contribution in [0, 0.1) is 24.2 Å². The quantitative estimate of drug-likeness (QED) is 0.764. The van der Waals surface area contributed by atoms with E-state index in [1.165, 1.54) is 18.4 Å². The Morgan fingerprint density at radius 1 is 1.25 bits per heavy atom. The number of hydrogen-bond acceptors (Lipinski definition) is 4. The molecule has 1 aromatic heterocycles. The van der Waals surface area contributed by atoms with Crippen molar-refractivity contribution in [1.82, 2.24) is 19.9 Å². The van der Waals surface area contributed by atoms with Crippen LogP contribution in [0.25, 0.3) is 11.3 Å². The van der Waals surface area contributed by atoms with Crippen molar-refractivity contribution >= 4 is 0 Å². The molecule has 0 aliphatic carbocycles. The smallest absolute Gasteiger partial charge is 0.113 e. The van der Waals surface area contributed by atoms with Gasteiger partial charge < -0.3 is 4.74 Å². The van der Waals surface area contributed by atoms with E-state index in [0.717, 1.165) is 56.0 Å². The normalized spacial score (nSPS) is 21.6. The maximum absolute atomic E-state index is 5.81. The molecule has 5 heteroatoms. The van der Waals surface area contributed by atoms with Crippen molar-refractivity contribution in [2.75, 3.05) is 26.2 Å². The molecule has 2 aliphatic heterocycles. The lowest BCUT2D eigenvalue weighted by atomic mass is 9.84. The minimum absolute atomic E-state index is 0.263. The molecule has 2 aromatic rings. The van der Waals surface area contributed by atoms with Crippen LogP contribution in [0.15, 0.2) is 24.4 Å². The van der Waals surface area contributed by atoms with E-state index in [2.05, 4.69) is 66.0 Å². The van der Waals surface area contributed by atoms with Crippen LogP contribution in [-0.2, 0) is 11.3 Å². The van der Waals surface area contributed by atoms with Gasteiger partial charge in [0.1, 0.15) is 5.69 Å². The van der Waals surface area contributed by atoms with Crippen LogP contribution in [0.1, 0.15) is 44.2 Å². The van der Waals surface area contributed by atoms with Crippen LogP contribution in [0.2, 0.25) is 0 Å². The second-order valence-electron chi connectivity index (χ2n) is 8.96. The van der Waals surface area contributed by atoms with E-state index in [1.807, 2.05) is 10.9 Å². The second kappa shape index (κ2) is 8.06. The van der Waals surface area contributed by atoms with E-state index in [9.17, 15) is 0 Å². The van der Waals surface area contributed by atoms with Crippen LogP contribution >= 0.6 is 0 Å². The van der Waals surface area contributed by atoms with Crippen LogP contribution in [0.3, 0.4) is 0 Å². The Bertz CT molecular complexity index is 875. The first-order chi connectivity index (χ1) is 13.5. The highest BCUT2D eigenvalue weighted by molar-refractivity contribution is 5.64. The average Bonchev–Trinajstić information content (AvgIpc) is 3.09. The predicted octanol–water partition coefficient (Wildman–Crippen LogP) is 3.52. The van der Waals surface area contributed by atoms with Crippen LogP contribution in [0.5, 0.6) is 0 Å². The summed E-state index contributed by atoms with van der Waals surface area (Å²) >= 11 is 0. The van der Waals surface area contributed by atoms with Crippen molar-refractivity contribution < 1.29 is 4.74 Å². The summed E-state index contributed by atoms with van der Waals surface area (Å²) in [5, 5.41) is 8.67. The first-order valence-electron chi connectivity index (χ1n) is 10.3. The van der Waals surface area contributed by atoms with Gasteiger partial charge in [-0.05, 0) is 49.3 Å². The lowest BCUT2D eigenvalue weighted by Gasteiger charge is -2.44. The van der Waals surface area contributed by atoms with Gasteiger partial charge in [-0.15, -0.1) is 5.10 Å². The Hall–Kier alpha value is -2.16. The molecule has 0 unspecified atom stereocenters. The van der Waals surface area contributed by atoms with Crippen LogP contribution < -0.4 is 0 Å². The monoisotopic (exact) mass is 378 g/mol. The topological polar surface area (TPSA) is 43.2 Å². The number of rotatable bonds is 4. The van der Waals surface area contributed by atoms with Crippen LogP contribution in [0.4, 0.5) is 0 Å². The fourth-order valence-electron chi connectivity index (χ4n) is 4.23. The maximum Gasteiger partial charge on any atom is 0.113 e. The van der Waals surface area contributed by atoms with E-state index >= 15 is 0 Å². The summed E-state index contributed by atoms with van der Waals surface area (Å²) in [6.45, 7) is 11.5. The Kier molecular flexibility index (Phi) is 5.52.